The lowest BCUT2D eigenvalue weighted by molar-refractivity contribution is -0.928. The van der Waals surface area contributed by atoms with Gasteiger partial charge in [0.25, 0.3) is 0 Å². The maximum atomic E-state index is 6.60. The molecule has 248 valence electrons. The molecule has 0 amide bonds. The highest BCUT2D eigenvalue weighted by Crippen LogP contribution is 2.33. The molecular formula is C35H72I2N2O2. The molecule has 0 unspecified atom stereocenters. The molecule has 2 saturated heterocycles. The molecule has 0 bridgehead atoms. The lowest BCUT2D eigenvalue weighted by atomic mass is 9.86. The smallest absolute Gasteiger partial charge is 0.115 e. The average molecular weight is 807 g/mol. The van der Waals surface area contributed by atoms with Crippen LogP contribution < -0.4 is 48.0 Å². The molecule has 0 radical (unpaired) electrons. The second-order valence-electron chi connectivity index (χ2n) is 14.4. The zero-order valence-electron chi connectivity index (χ0n) is 28.2. The van der Waals surface area contributed by atoms with Gasteiger partial charge in [-0.1, -0.05) is 104 Å². The summed E-state index contributed by atoms with van der Waals surface area (Å²) in [4.78, 5) is 0. The lowest BCUT2D eigenvalue weighted by Crippen LogP contribution is -3.00. The van der Waals surface area contributed by atoms with E-state index in [9.17, 15) is 0 Å². The first-order chi connectivity index (χ1) is 18.9. The predicted molar refractivity (Wildman–Crippen MR) is 169 cm³/mol. The number of likely N-dealkylation sites (tertiary alicyclic amines) is 2. The number of halogens is 2. The van der Waals surface area contributed by atoms with E-state index < -0.39 is 0 Å². The minimum atomic E-state index is 0. The molecule has 2 fully saturated rings. The van der Waals surface area contributed by atoms with Crippen molar-refractivity contribution in [1.29, 1.82) is 0 Å². The molecule has 0 spiro atoms. The van der Waals surface area contributed by atoms with Gasteiger partial charge in [-0.2, -0.15) is 0 Å². The molecule has 6 heteroatoms. The average Bonchev–Trinajstić information content (AvgIpc) is 3.54. The number of unbranched alkanes of at least 4 members (excludes halogenated alkanes) is 14. The predicted octanol–water partition coefficient (Wildman–Crippen LogP) is 2.78. The maximum Gasteiger partial charge on any atom is 0.115 e. The van der Waals surface area contributed by atoms with Crippen LogP contribution in [-0.4, -0.2) is 88.8 Å². The van der Waals surface area contributed by atoms with Gasteiger partial charge in [0.1, 0.15) is 5.41 Å². The third-order valence-electron chi connectivity index (χ3n) is 9.83. The van der Waals surface area contributed by atoms with Gasteiger partial charge in [-0.15, -0.1) is 0 Å². The third kappa shape index (κ3) is 19.4. The Bertz CT molecular complexity index is 531. The van der Waals surface area contributed by atoms with Crippen LogP contribution in [0.25, 0.3) is 0 Å². The Morgan fingerprint density at radius 3 is 1.07 bits per heavy atom. The topological polar surface area (TPSA) is 18.5 Å². The quantitative estimate of drug-likeness (QED) is 0.0762. The third-order valence-corrected chi connectivity index (χ3v) is 9.83. The fourth-order valence-corrected chi connectivity index (χ4v) is 7.66. The van der Waals surface area contributed by atoms with Gasteiger partial charge in [0.05, 0.1) is 66.6 Å². The van der Waals surface area contributed by atoms with Crippen molar-refractivity contribution in [3.05, 3.63) is 0 Å². The molecule has 41 heavy (non-hydrogen) atoms. The summed E-state index contributed by atoms with van der Waals surface area (Å²) in [6.07, 6.45) is 27.4. The summed E-state index contributed by atoms with van der Waals surface area (Å²) in [5.74, 6) is 0. The standard InChI is InChI=1S/C35H72N2O2.2HI/c1-5-7-9-11-13-15-17-23-29-38-33-35(31-36(3)25-19-20-26-36,32-37(4)27-21-22-28-37)34-39-30-24-18-16-14-12-10-8-6-2;;/h5-34H2,1-4H3;2*1H/q+2;;/p-2. The van der Waals surface area contributed by atoms with Gasteiger partial charge in [0.2, 0.25) is 0 Å². The van der Waals surface area contributed by atoms with Gasteiger partial charge < -0.3 is 66.4 Å². The van der Waals surface area contributed by atoms with Gasteiger partial charge >= 0.3 is 0 Å². The summed E-state index contributed by atoms with van der Waals surface area (Å²) in [5.41, 5.74) is 0.137. The largest absolute Gasteiger partial charge is 1.00 e. The second kappa shape index (κ2) is 25.5. The zero-order chi connectivity index (χ0) is 28.1. The Kier molecular flexibility index (Phi) is 26.3. The van der Waals surface area contributed by atoms with E-state index >= 15 is 0 Å². The molecule has 0 aliphatic carbocycles. The summed E-state index contributed by atoms with van der Waals surface area (Å²) in [5, 5.41) is 0. The van der Waals surface area contributed by atoms with E-state index in [2.05, 4.69) is 27.9 Å². The van der Waals surface area contributed by atoms with Crippen LogP contribution in [0, 0.1) is 5.41 Å². The van der Waals surface area contributed by atoms with Gasteiger partial charge in [-0.25, -0.2) is 0 Å². The van der Waals surface area contributed by atoms with E-state index in [1.165, 1.54) is 177 Å². The molecule has 0 aromatic heterocycles. The molecule has 0 aromatic rings. The summed E-state index contributed by atoms with van der Waals surface area (Å²) >= 11 is 0. The molecule has 2 aliphatic heterocycles. The minimum Gasteiger partial charge on any atom is -1.00 e. The van der Waals surface area contributed by atoms with Gasteiger partial charge in [0.15, 0.2) is 0 Å². The van der Waals surface area contributed by atoms with Crippen LogP contribution in [0.1, 0.15) is 142 Å². The molecule has 4 nitrogen and oxygen atoms in total. The first-order valence-corrected chi connectivity index (χ1v) is 17.8. The van der Waals surface area contributed by atoms with Crippen molar-refractivity contribution in [1.82, 2.24) is 0 Å². The highest BCUT2D eigenvalue weighted by Gasteiger charge is 2.47. The highest BCUT2D eigenvalue weighted by atomic mass is 127. The number of hydrogen-bond acceptors (Lipinski definition) is 2. The molecular weight excluding hydrogens is 734 g/mol. The van der Waals surface area contributed by atoms with Crippen LogP contribution in [0.4, 0.5) is 0 Å². The molecule has 2 rings (SSSR count). The highest BCUT2D eigenvalue weighted by molar-refractivity contribution is 4.82. The van der Waals surface area contributed by atoms with Crippen molar-refractivity contribution < 1.29 is 66.4 Å². The van der Waals surface area contributed by atoms with Crippen LogP contribution in [0.5, 0.6) is 0 Å². The number of nitrogens with zero attached hydrogens (tertiary/aromatic N) is 2. The minimum absolute atomic E-state index is 0. The van der Waals surface area contributed by atoms with Crippen molar-refractivity contribution in [3.8, 4) is 0 Å². The van der Waals surface area contributed by atoms with Crippen LogP contribution in [0.3, 0.4) is 0 Å². The van der Waals surface area contributed by atoms with E-state index in [0.717, 1.165) is 26.4 Å². The van der Waals surface area contributed by atoms with E-state index in [4.69, 9.17) is 9.47 Å². The first kappa shape index (κ1) is 42.3. The number of ether oxygens (including phenoxy) is 2. The van der Waals surface area contributed by atoms with Crippen molar-refractivity contribution in [2.75, 3.05) is 79.8 Å². The summed E-state index contributed by atoms with van der Waals surface area (Å²) in [6.45, 7) is 16.1. The SMILES string of the molecule is CCCCCCCCCCOCC(COCCCCCCCCCC)(C[N+]1(C)CCCC1)C[N+]1(C)CCCC1.[I-].[I-]. The van der Waals surface area contributed by atoms with Crippen molar-refractivity contribution in [2.24, 2.45) is 5.41 Å². The number of quaternary nitrogens is 2. The normalized spacial score (nSPS) is 17.9. The van der Waals surface area contributed by atoms with Crippen molar-refractivity contribution in [3.63, 3.8) is 0 Å². The van der Waals surface area contributed by atoms with Crippen LogP contribution >= 0.6 is 0 Å². The number of rotatable bonds is 26. The van der Waals surface area contributed by atoms with Gasteiger partial charge in [-0.3, -0.25) is 0 Å². The lowest BCUT2D eigenvalue weighted by Gasteiger charge is -2.45. The van der Waals surface area contributed by atoms with Crippen LogP contribution in [0.2, 0.25) is 0 Å². The molecule has 2 aliphatic rings. The van der Waals surface area contributed by atoms with Gasteiger partial charge in [0, 0.05) is 38.9 Å². The van der Waals surface area contributed by atoms with E-state index in [1.54, 1.807) is 0 Å². The second-order valence-corrected chi connectivity index (χ2v) is 14.4. The summed E-state index contributed by atoms with van der Waals surface area (Å²) in [6, 6.07) is 0. The van der Waals surface area contributed by atoms with Gasteiger partial charge in [-0.05, 0) is 12.8 Å². The molecule has 2 heterocycles. The number of hydrogen-bond donors (Lipinski definition) is 0. The summed E-state index contributed by atoms with van der Waals surface area (Å²) < 4.78 is 15.6. The first-order valence-electron chi connectivity index (χ1n) is 17.8. The Morgan fingerprint density at radius 2 is 0.756 bits per heavy atom. The maximum absolute atomic E-state index is 6.60. The molecule has 0 saturated carbocycles. The van der Waals surface area contributed by atoms with Crippen LogP contribution in [0.15, 0.2) is 0 Å². The Balaban J connectivity index is 0.00000800. The molecule has 0 N–H and O–H groups in total. The molecule has 0 aromatic carbocycles. The Labute approximate surface area is 292 Å². The van der Waals surface area contributed by atoms with E-state index in [-0.39, 0.29) is 53.4 Å². The molecule has 0 atom stereocenters. The Hall–Kier alpha value is 1.30. The van der Waals surface area contributed by atoms with E-state index in [0.29, 0.717) is 0 Å². The van der Waals surface area contributed by atoms with E-state index in [1.807, 2.05) is 0 Å². The zero-order valence-corrected chi connectivity index (χ0v) is 32.5. The van der Waals surface area contributed by atoms with Crippen molar-refractivity contribution >= 4 is 0 Å². The van der Waals surface area contributed by atoms with Crippen LogP contribution in [-0.2, 0) is 9.47 Å². The fraction of sp³-hybridized carbons (Fsp3) is 1.00. The Morgan fingerprint density at radius 1 is 0.463 bits per heavy atom. The van der Waals surface area contributed by atoms with Crippen molar-refractivity contribution in [2.45, 2.75) is 142 Å². The summed E-state index contributed by atoms with van der Waals surface area (Å²) in [7, 11) is 5.03. The monoisotopic (exact) mass is 806 g/mol. The fourth-order valence-electron chi connectivity index (χ4n) is 7.66.